The van der Waals surface area contributed by atoms with Gasteiger partial charge in [-0.2, -0.15) is 15.1 Å². The van der Waals surface area contributed by atoms with Gasteiger partial charge in [0.05, 0.1) is 5.57 Å². The van der Waals surface area contributed by atoms with E-state index in [0.29, 0.717) is 30.0 Å². The van der Waals surface area contributed by atoms with Gasteiger partial charge in [-0.25, -0.2) is 0 Å². The number of ether oxygens (including phenoxy) is 2. The summed E-state index contributed by atoms with van der Waals surface area (Å²) < 4.78 is 11.5. The summed E-state index contributed by atoms with van der Waals surface area (Å²) in [7, 11) is 0. The van der Waals surface area contributed by atoms with Crippen LogP contribution in [0.3, 0.4) is 0 Å². The number of hydrogen-bond donors (Lipinski definition) is 1. The van der Waals surface area contributed by atoms with Crippen molar-refractivity contribution in [1.29, 1.82) is 5.41 Å². The zero-order valence-corrected chi connectivity index (χ0v) is 19.6. The minimum absolute atomic E-state index is 0.0656. The highest BCUT2D eigenvalue weighted by Gasteiger charge is 2.37. The van der Waals surface area contributed by atoms with E-state index in [1.807, 2.05) is 54.6 Å². The molecule has 8 heteroatoms. The highest BCUT2D eigenvalue weighted by molar-refractivity contribution is 8.27. The summed E-state index contributed by atoms with van der Waals surface area (Å²) in [5.74, 6) is 1.52. The topological polar surface area (TPSA) is 87.3 Å². The molecule has 1 amide bonds. The SMILES string of the molecule is N=C1/C(=C/c2cccc(OCCOc3ccccc3)c2)C(=O)N=C2SC(C3CCCCC3)=NN12. The molecular formula is C26H26N4O3S. The summed E-state index contributed by atoms with van der Waals surface area (Å²) in [6.07, 6.45) is 7.57. The number of carbonyl (C=O) groups excluding carboxylic acids is 1. The van der Waals surface area contributed by atoms with Crippen LogP contribution < -0.4 is 9.47 Å². The fraction of sp³-hybridized carbons (Fsp3) is 0.308. The van der Waals surface area contributed by atoms with Gasteiger partial charge in [-0.05, 0) is 60.5 Å². The fourth-order valence-corrected chi connectivity index (χ4v) is 5.28. The lowest BCUT2D eigenvalue weighted by Crippen LogP contribution is -2.35. The number of benzene rings is 2. The first-order valence-corrected chi connectivity index (χ1v) is 12.4. The lowest BCUT2D eigenvalue weighted by atomic mass is 9.90. The number of aliphatic imine (C=N–C) groups is 1. The Balaban J connectivity index is 1.25. The standard InChI is InChI=1S/C26H26N4O3S/c27-23-22(24(31)28-26-30(23)29-25(34-26)19-9-3-1-4-10-19)17-18-8-7-13-21(16-18)33-15-14-32-20-11-5-2-6-12-20/h2,5-8,11-13,16-17,19,27H,1,3-4,9-10,14-15H2/b22-17-,27-23?. The summed E-state index contributed by atoms with van der Waals surface area (Å²) in [6.45, 7) is 0.810. The predicted molar refractivity (Wildman–Crippen MR) is 135 cm³/mol. The lowest BCUT2D eigenvalue weighted by Gasteiger charge is -2.20. The molecule has 0 radical (unpaired) electrons. The largest absolute Gasteiger partial charge is 0.490 e. The highest BCUT2D eigenvalue weighted by Crippen LogP contribution is 2.36. The Kier molecular flexibility index (Phi) is 6.76. The van der Waals surface area contributed by atoms with Gasteiger partial charge in [0.1, 0.15) is 29.8 Å². The van der Waals surface area contributed by atoms with Crippen molar-refractivity contribution in [2.45, 2.75) is 32.1 Å². The average molecular weight is 475 g/mol. The van der Waals surface area contributed by atoms with E-state index < -0.39 is 5.91 Å². The van der Waals surface area contributed by atoms with Crippen molar-refractivity contribution < 1.29 is 14.3 Å². The number of thioether (sulfide) groups is 1. The van der Waals surface area contributed by atoms with Crippen LogP contribution in [0.1, 0.15) is 37.7 Å². The normalized spacial score (nSPS) is 19.6. The maximum atomic E-state index is 12.7. The van der Waals surface area contributed by atoms with E-state index in [4.69, 9.17) is 14.9 Å². The minimum atomic E-state index is -0.411. The molecule has 174 valence electrons. The van der Waals surface area contributed by atoms with Crippen molar-refractivity contribution in [3.8, 4) is 11.5 Å². The van der Waals surface area contributed by atoms with E-state index in [0.717, 1.165) is 29.2 Å². The molecule has 0 saturated heterocycles. The van der Waals surface area contributed by atoms with Crippen LogP contribution in [0, 0.1) is 11.3 Å². The summed E-state index contributed by atoms with van der Waals surface area (Å²) in [5, 5.41) is 16.2. The number of fused-ring (bicyclic) bond motifs is 1. The van der Waals surface area contributed by atoms with Gasteiger partial charge < -0.3 is 9.47 Å². The van der Waals surface area contributed by atoms with Gasteiger partial charge in [0.25, 0.3) is 5.91 Å². The third kappa shape index (κ3) is 5.07. The van der Waals surface area contributed by atoms with Gasteiger partial charge >= 0.3 is 0 Å². The van der Waals surface area contributed by atoms with Crippen molar-refractivity contribution in [3.05, 3.63) is 65.7 Å². The van der Waals surface area contributed by atoms with Crippen molar-refractivity contribution in [2.75, 3.05) is 13.2 Å². The molecule has 0 bridgehead atoms. The first kappa shape index (κ1) is 22.4. The number of para-hydroxylation sites is 1. The van der Waals surface area contributed by atoms with E-state index >= 15 is 0 Å². The monoisotopic (exact) mass is 474 g/mol. The Morgan fingerprint density at radius 1 is 1.00 bits per heavy atom. The molecule has 5 rings (SSSR count). The quantitative estimate of drug-likeness (QED) is 0.432. The Morgan fingerprint density at radius 3 is 2.53 bits per heavy atom. The number of amides is 1. The number of hydrazone groups is 1. The first-order chi connectivity index (χ1) is 16.7. The second-order valence-corrected chi connectivity index (χ2v) is 9.36. The van der Waals surface area contributed by atoms with Gasteiger partial charge in [-0.1, -0.05) is 49.6 Å². The van der Waals surface area contributed by atoms with Crippen LogP contribution in [-0.2, 0) is 4.79 Å². The van der Waals surface area contributed by atoms with E-state index in [1.165, 1.54) is 36.0 Å². The summed E-state index contributed by atoms with van der Waals surface area (Å²) in [5.41, 5.74) is 0.985. The van der Waals surface area contributed by atoms with E-state index in [-0.39, 0.29) is 11.4 Å². The van der Waals surface area contributed by atoms with Crippen molar-refractivity contribution in [2.24, 2.45) is 16.0 Å². The van der Waals surface area contributed by atoms with Gasteiger partial charge in [0, 0.05) is 5.92 Å². The number of amidine groups is 2. The smallest absolute Gasteiger partial charge is 0.283 e. The maximum Gasteiger partial charge on any atom is 0.283 e. The summed E-state index contributed by atoms with van der Waals surface area (Å²) >= 11 is 1.43. The van der Waals surface area contributed by atoms with Crippen LogP contribution in [-0.4, -0.2) is 40.2 Å². The van der Waals surface area contributed by atoms with Crippen LogP contribution in [0.25, 0.3) is 6.08 Å². The Bertz CT molecular complexity index is 1170. The molecule has 1 fully saturated rings. The number of nitrogens with one attached hydrogen (secondary N) is 1. The third-order valence-corrected chi connectivity index (χ3v) is 7.03. The molecule has 1 N–H and O–H groups in total. The number of hydrogen-bond acceptors (Lipinski definition) is 6. The van der Waals surface area contributed by atoms with Crippen LogP contribution >= 0.6 is 11.8 Å². The zero-order chi connectivity index (χ0) is 23.3. The molecule has 2 aromatic rings. The van der Waals surface area contributed by atoms with Crippen LogP contribution in [0.4, 0.5) is 0 Å². The molecule has 1 aliphatic carbocycles. The molecule has 0 aromatic heterocycles. The minimum Gasteiger partial charge on any atom is -0.490 e. The predicted octanol–water partition coefficient (Wildman–Crippen LogP) is 5.34. The molecule has 0 unspecified atom stereocenters. The lowest BCUT2D eigenvalue weighted by molar-refractivity contribution is -0.114. The Morgan fingerprint density at radius 2 is 1.74 bits per heavy atom. The van der Waals surface area contributed by atoms with Gasteiger partial charge in [-0.15, -0.1) is 0 Å². The molecule has 7 nitrogen and oxygen atoms in total. The second kappa shape index (κ2) is 10.3. The van der Waals surface area contributed by atoms with Crippen molar-refractivity contribution in [1.82, 2.24) is 5.01 Å². The molecule has 0 spiro atoms. The summed E-state index contributed by atoms with van der Waals surface area (Å²) in [6, 6.07) is 17.0. The molecular weight excluding hydrogens is 448 g/mol. The second-order valence-electron chi connectivity index (χ2n) is 8.38. The van der Waals surface area contributed by atoms with Crippen LogP contribution in [0.2, 0.25) is 0 Å². The summed E-state index contributed by atoms with van der Waals surface area (Å²) in [4.78, 5) is 17.0. The molecule has 0 atom stereocenters. The molecule has 2 aliphatic heterocycles. The number of carbonyl (C=O) groups is 1. The highest BCUT2D eigenvalue weighted by atomic mass is 32.2. The third-order valence-electron chi connectivity index (χ3n) is 5.96. The van der Waals surface area contributed by atoms with Gasteiger partial charge in [-0.3, -0.25) is 10.2 Å². The molecule has 1 saturated carbocycles. The van der Waals surface area contributed by atoms with Crippen LogP contribution in [0.5, 0.6) is 11.5 Å². The molecule has 2 heterocycles. The zero-order valence-electron chi connectivity index (χ0n) is 18.8. The first-order valence-electron chi connectivity index (χ1n) is 11.6. The van der Waals surface area contributed by atoms with Crippen molar-refractivity contribution in [3.63, 3.8) is 0 Å². The van der Waals surface area contributed by atoms with Crippen molar-refractivity contribution >= 4 is 39.8 Å². The van der Waals surface area contributed by atoms with Gasteiger partial charge in [0.2, 0.25) is 5.17 Å². The van der Waals surface area contributed by atoms with Gasteiger partial charge in [0.15, 0.2) is 5.84 Å². The fourth-order valence-electron chi connectivity index (χ4n) is 4.22. The molecule has 2 aromatic carbocycles. The number of nitrogens with zero attached hydrogens (tertiary/aromatic N) is 3. The van der Waals surface area contributed by atoms with Crippen LogP contribution in [0.15, 0.2) is 70.3 Å². The van der Waals surface area contributed by atoms with E-state index in [1.54, 1.807) is 6.08 Å². The maximum absolute atomic E-state index is 12.7. The van der Waals surface area contributed by atoms with E-state index in [2.05, 4.69) is 10.1 Å². The molecule has 3 aliphatic rings. The Hall–Kier alpha value is -3.39. The number of rotatable bonds is 7. The van der Waals surface area contributed by atoms with E-state index in [9.17, 15) is 4.79 Å². The Labute approximate surface area is 203 Å². The molecule has 34 heavy (non-hydrogen) atoms. The average Bonchev–Trinajstić information content (AvgIpc) is 3.30.